The lowest BCUT2D eigenvalue weighted by Gasteiger charge is -2.27. The molecule has 0 saturated heterocycles. The number of amides is 1. The van der Waals surface area contributed by atoms with Crippen LogP contribution < -0.4 is 14.9 Å². The number of carbonyl (C=O) groups excluding carboxylic acids is 2. The molecule has 1 aliphatic rings. The number of ether oxygens (including phenoxy) is 1. The van der Waals surface area contributed by atoms with Crippen LogP contribution in [0.1, 0.15) is 39.5 Å². The van der Waals surface area contributed by atoms with Crippen molar-refractivity contribution in [3.05, 3.63) is 101 Å². The van der Waals surface area contributed by atoms with E-state index in [1.54, 1.807) is 6.07 Å². The summed E-state index contributed by atoms with van der Waals surface area (Å²) < 4.78 is 34.7. The third-order valence-electron chi connectivity index (χ3n) is 8.11. The molecule has 2 N–H and O–H groups in total. The van der Waals surface area contributed by atoms with Gasteiger partial charge in [-0.05, 0) is 48.6 Å². The Kier molecular flexibility index (Phi) is 9.17. The second kappa shape index (κ2) is 13.0. The fourth-order valence-electron chi connectivity index (χ4n) is 5.63. The highest BCUT2D eigenvalue weighted by Crippen LogP contribution is 2.35. The van der Waals surface area contributed by atoms with Crippen LogP contribution in [0.25, 0.3) is 10.9 Å². The average molecular weight is 603 g/mol. The number of nitrogens with one attached hydrogen (secondary N) is 2. The molecular weight excluding hydrogens is 564 g/mol. The second-order valence-electron chi connectivity index (χ2n) is 11.0. The van der Waals surface area contributed by atoms with Gasteiger partial charge < -0.3 is 19.9 Å². The summed E-state index contributed by atoms with van der Waals surface area (Å²) in [6.07, 6.45) is 2.49. The lowest BCUT2D eigenvalue weighted by Crippen LogP contribution is -2.50. The number of hydrogen-bond acceptors (Lipinski definition) is 6. The zero-order valence-electron chi connectivity index (χ0n) is 24.7. The van der Waals surface area contributed by atoms with Gasteiger partial charge in [-0.25, -0.2) is 8.42 Å². The number of nitrogens with zero attached hydrogens (tertiary/aromatic N) is 2. The van der Waals surface area contributed by atoms with Crippen molar-refractivity contribution >= 4 is 39.0 Å². The van der Waals surface area contributed by atoms with Crippen molar-refractivity contribution in [2.45, 2.75) is 51.9 Å². The van der Waals surface area contributed by atoms with Gasteiger partial charge in [0.1, 0.15) is 6.10 Å². The number of carbonyl (C=O) groups is 2. The SMILES string of the molecule is CCc1cn2c3c(cc(C(=O)N[C@@H](Cc4ccccc4)[C@@H](CNCc4ccc(C)cc4)OC=O)cc13)N(C)S(=O)(=O)CC2. The van der Waals surface area contributed by atoms with Crippen LogP contribution in [-0.2, 0) is 45.5 Å². The number of sulfonamides is 1. The van der Waals surface area contributed by atoms with Crippen molar-refractivity contribution in [2.75, 3.05) is 23.7 Å². The molecule has 226 valence electrons. The third-order valence-corrected chi connectivity index (χ3v) is 9.84. The Balaban J connectivity index is 1.45. The lowest BCUT2D eigenvalue weighted by atomic mass is 9.99. The molecule has 1 amide bonds. The molecule has 0 fully saturated rings. The summed E-state index contributed by atoms with van der Waals surface area (Å²) in [5.74, 6) is -0.395. The highest BCUT2D eigenvalue weighted by atomic mass is 32.2. The van der Waals surface area contributed by atoms with E-state index in [2.05, 4.69) is 10.6 Å². The number of anilines is 1. The van der Waals surface area contributed by atoms with Crippen LogP contribution in [0.3, 0.4) is 0 Å². The molecule has 0 radical (unpaired) electrons. The minimum Gasteiger partial charge on any atom is -0.461 e. The molecule has 0 aliphatic carbocycles. The maximum atomic E-state index is 13.9. The molecule has 0 unspecified atom stereocenters. The van der Waals surface area contributed by atoms with Crippen molar-refractivity contribution in [1.82, 2.24) is 15.2 Å². The maximum absolute atomic E-state index is 13.9. The number of hydrogen-bond donors (Lipinski definition) is 2. The Hall–Kier alpha value is -4.15. The first-order valence-electron chi connectivity index (χ1n) is 14.5. The van der Waals surface area contributed by atoms with Gasteiger partial charge in [-0.15, -0.1) is 0 Å². The molecule has 2 atom stereocenters. The number of aromatic nitrogens is 1. The molecule has 0 saturated carbocycles. The summed E-state index contributed by atoms with van der Waals surface area (Å²) in [7, 11) is -2.02. The van der Waals surface area contributed by atoms with Gasteiger partial charge in [0.15, 0.2) is 0 Å². The van der Waals surface area contributed by atoms with Crippen LogP contribution >= 0.6 is 0 Å². The van der Waals surface area contributed by atoms with Gasteiger partial charge >= 0.3 is 0 Å². The molecule has 9 nitrogen and oxygen atoms in total. The van der Waals surface area contributed by atoms with Gasteiger partial charge in [0, 0.05) is 43.8 Å². The maximum Gasteiger partial charge on any atom is 0.293 e. The van der Waals surface area contributed by atoms with E-state index in [1.807, 2.05) is 85.3 Å². The van der Waals surface area contributed by atoms with Crippen molar-refractivity contribution in [2.24, 2.45) is 0 Å². The van der Waals surface area contributed by atoms with E-state index in [1.165, 1.54) is 16.9 Å². The number of rotatable bonds is 12. The van der Waals surface area contributed by atoms with E-state index in [0.717, 1.165) is 34.0 Å². The molecule has 1 aliphatic heterocycles. The van der Waals surface area contributed by atoms with Crippen LogP contribution in [0, 0.1) is 6.92 Å². The molecule has 0 spiro atoms. The highest BCUT2D eigenvalue weighted by molar-refractivity contribution is 7.92. The Labute approximate surface area is 252 Å². The molecular formula is C33H38N4O5S. The van der Waals surface area contributed by atoms with Crippen molar-refractivity contribution in [3.8, 4) is 0 Å². The molecule has 10 heteroatoms. The minimum atomic E-state index is -3.55. The predicted molar refractivity (Wildman–Crippen MR) is 169 cm³/mol. The van der Waals surface area contributed by atoms with Crippen molar-refractivity contribution < 1.29 is 22.7 Å². The van der Waals surface area contributed by atoms with E-state index >= 15 is 0 Å². The van der Waals surface area contributed by atoms with E-state index in [4.69, 9.17) is 4.74 Å². The first-order valence-corrected chi connectivity index (χ1v) is 16.1. The van der Waals surface area contributed by atoms with Gasteiger partial charge in [-0.2, -0.15) is 0 Å². The minimum absolute atomic E-state index is 0.0217. The fraction of sp³-hybridized carbons (Fsp3) is 0.333. The first-order chi connectivity index (χ1) is 20.7. The van der Waals surface area contributed by atoms with Gasteiger partial charge in [-0.3, -0.25) is 13.9 Å². The Bertz CT molecular complexity index is 1700. The van der Waals surface area contributed by atoms with Crippen LogP contribution in [-0.4, -0.2) is 56.9 Å². The Morgan fingerprint density at radius 1 is 1.07 bits per heavy atom. The van der Waals surface area contributed by atoms with E-state index in [0.29, 0.717) is 43.8 Å². The molecule has 5 rings (SSSR count). The molecule has 3 aromatic carbocycles. The van der Waals surface area contributed by atoms with Crippen LogP contribution in [0.5, 0.6) is 0 Å². The zero-order valence-corrected chi connectivity index (χ0v) is 25.6. The van der Waals surface area contributed by atoms with Crippen molar-refractivity contribution in [3.63, 3.8) is 0 Å². The topological polar surface area (TPSA) is 110 Å². The standard InChI is InChI=1S/C33H38N4O5S/c1-4-26-21-37-14-15-43(40,41)36(3)30-18-27(17-28(26)32(30)37)33(39)35-29(16-24-8-6-5-7-9-24)31(42-22-38)20-34-19-25-12-10-23(2)11-13-25/h5-13,17-18,21-22,29,31,34H,4,14-16,19-20H2,1-3H3,(H,35,39)/t29-,31+/m0/s1. The summed E-state index contributed by atoms with van der Waals surface area (Å²) in [6, 6.07) is 20.8. The summed E-state index contributed by atoms with van der Waals surface area (Å²) in [6.45, 7) is 5.73. The van der Waals surface area contributed by atoms with Crippen molar-refractivity contribution in [1.29, 1.82) is 0 Å². The third kappa shape index (κ3) is 6.76. The van der Waals surface area contributed by atoms with Gasteiger partial charge in [0.05, 0.1) is 23.0 Å². The predicted octanol–water partition coefficient (Wildman–Crippen LogP) is 3.96. The summed E-state index contributed by atoms with van der Waals surface area (Å²) in [4.78, 5) is 25.5. The number of benzene rings is 3. The van der Waals surface area contributed by atoms with Gasteiger partial charge in [-0.1, -0.05) is 67.1 Å². The first kappa shape index (κ1) is 30.3. The van der Waals surface area contributed by atoms with E-state index in [-0.39, 0.29) is 11.7 Å². The number of aryl methyl sites for hydroxylation is 3. The van der Waals surface area contributed by atoms with Crippen LogP contribution in [0.15, 0.2) is 72.9 Å². The average Bonchev–Trinajstić information content (AvgIpc) is 3.33. The fourth-order valence-corrected chi connectivity index (χ4v) is 6.77. The Morgan fingerprint density at radius 3 is 2.51 bits per heavy atom. The molecule has 0 bridgehead atoms. The quantitative estimate of drug-likeness (QED) is 0.238. The molecule has 2 heterocycles. The lowest BCUT2D eigenvalue weighted by molar-refractivity contribution is -0.134. The molecule has 4 aromatic rings. The van der Waals surface area contributed by atoms with Crippen LogP contribution in [0.2, 0.25) is 0 Å². The molecule has 1 aromatic heterocycles. The second-order valence-corrected chi connectivity index (χ2v) is 13.2. The van der Waals surface area contributed by atoms with E-state index < -0.39 is 22.2 Å². The summed E-state index contributed by atoms with van der Waals surface area (Å²) in [5.41, 5.74) is 5.90. The van der Waals surface area contributed by atoms with Crippen LogP contribution in [0.4, 0.5) is 5.69 Å². The molecule has 43 heavy (non-hydrogen) atoms. The monoisotopic (exact) mass is 602 g/mol. The van der Waals surface area contributed by atoms with Gasteiger partial charge in [0.2, 0.25) is 10.0 Å². The highest BCUT2D eigenvalue weighted by Gasteiger charge is 2.30. The summed E-state index contributed by atoms with van der Waals surface area (Å²) in [5, 5.41) is 7.33. The summed E-state index contributed by atoms with van der Waals surface area (Å²) >= 11 is 0. The normalized spacial score (nSPS) is 15.5. The largest absolute Gasteiger partial charge is 0.461 e. The zero-order chi connectivity index (χ0) is 30.6. The van der Waals surface area contributed by atoms with Gasteiger partial charge in [0.25, 0.3) is 12.4 Å². The van der Waals surface area contributed by atoms with E-state index in [9.17, 15) is 18.0 Å². The Morgan fingerprint density at radius 2 is 1.81 bits per heavy atom. The smallest absolute Gasteiger partial charge is 0.293 e.